The van der Waals surface area contributed by atoms with Gasteiger partial charge in [-0.25, -0.2) is 0 Å². The van der Waals surface area contributed by atoms with Gasteiger partial charge in [0.2, 0.25) is 0 Å². The molecule has 0 bridgehead atoms. The lowest BCUT2D eigenvalue weighted by molar-refractivity contribution is 0.593. The first-order chi connectivity index (χ1) is 8.20. The maximum atomic E-state index is 12.5. The van der Waals surface area contributed by atoms with Crippen molar-refractivity contribution in [2.75, 3.05) is 0 Å². The van der Waals surface area contributed by atoms with Crippen LogP contribution in [0.15, 0.2) is 64.4 Å². The van der Waals surface area contributed by atoms with E-state index < -0.39 is 11.2 Å². The molecule has 1 atom stereocenters. The van der Waals surface area contributed by atoms with E-state index in [2.05, 4.69) is 19.9 Å². The summed E-state index contributed by atoms with van der Waals surface area (Å²) in [6.07, 6.45) is 0. The van der Waals surface area contributed by atoms with Crippen LogP contribution in [0.5, 0.6) is 0 Å². The Balaban J connectivity index is 2.41. The summed E-state index contributed by atoms with van der Waals surface area (Å²) in [5, 5.41) is 0. The Morgan fingerprint density at radius 2 is 1.47 bits per heavy atom. The molecule has 0 saturated carbocycles. The van der Waals surface area contributed by atoms with Crippen molar-refractivity contribution in [3.63, 3.8) is 0 Å². The highest BCUT2D eigenvalue weighted by Crippen LogP contribution is 2.28. The van der Waals surface area contributed by atoms with Crippen LogP contribution in [0.4, 0.5) is 0 Å². The van der Waals surface area contributed by atoms with Crippen LogP contribution < -0.4 is 0 Å². The number of rotatable bonds is 3. The molecule has 0 spiro atoms. The molecule has 17 heavy (non-hydrogen) atoms. The summed E-state index contributed by atoms with van der Waals surface area (Å²) in [6, 6.07) is 17.6. The Labute approximate surface area is 106 Å². The summed E-state index contributed by atoms with van der Waals surface area (Å²) < 4.78 is 12.5. The second-order valence-corrected chi connectivity index (χ2v) is 5.72. The molecule has 1 unspecified atom stereocenters. The molecule has 0 aliphatic carbocycles. The highest BCUT2D eigenvalue weighted by atomic mass is 32.2. The van der Waals surface area contributed by atoms with Crippen molar-refractivity contribution in [2.24, 2.45) is 0 Å². The van der Waals surface area contributed by atoms with Crippen LogP contribution in [-0.4, -0.2) is 4.55 Å². The molecule has 0 amide bonds. The van der Waals surface area contributed by atoms with E-state index in [-0.39, 0.29) is 0 Å². The van der Waals surface area contributed by atoms with Crippen LogP contribution >= 0.6 is 0 Å². The van der Waals surface area contributed by atoms with E-state index in [9.17, 15) is 4.55 Å². The lowest BCUT2D eigenvalue weighted by atomic mass is 10.0. The first-order valence-electron chi connectivity index (χ1n) is 5.76. The fourth-order valence-electron chi connectivity index (χ4n) is 1.80. The molecule has 2 aromatic carbocycles. The van der Waals surface area contributed by atoms with Crippen molar-refractivity contribution in [3.8, 4) is 0 Å². The Hall–Kier alpha value is -1.25. The SMILES string of the molecule is CC(C)c1ccccc1[S+]([O-])c1ccccc1. The van der Waals surface area contributed by atoms with E-state index >= 15 is 0 Å². The molecular formula is C15H16OS. The minimum Gasteiger partial charge on any atom is -0.606 e. The van der Waals surface area contributed by atoms with E-state index in [1.165, 1.54) is 0 Å². The van der Waals surface area contributed by atoms with E-state index in [1.54, 1.807) is 0 Å². The molecule has 2 heteroatoms. The van der Waals surface area contributed by atoms with Gasteiger partial charge in [0.15, 0.2) is 9.79 Å². The van der Waals surface area contributed by atoms with Crippen LogP contribution in [0.25, 0.3) is 0 Å². The topological polar surface area (TPSA) is 23.1 Å². The Bertz CT molecular complexity index is 479. The molecule has 88 valence electrons. The number of hydrogen-bond acceptors (Lipinski definition) is 1. The maximum absolute atomic E-state index is 12.5. The molecule has 0 N–H and O–H groups in total. The average Bonchev–Trinajstić information content (AvgIpc) is 2.39. The van der Waals surface area contributed by atoms with Crippen LogP contribution in [0.2, 0.25) is 0 Å². The van der Waals surface area contributed by atoms with Gasteiger partial charge >= 0.3 is 0 Å². The Morgan fingerprint density at radius 1 is 0.882 bits per heavy atom. The summed E-state index contributed by atoms with van der Waals surface area (Å²) in [6.45, 7) is 4.25. The van der Waals surface area contributed by atoms with Gasteiger partial charge in [-0.1, -0.05) is 50.2 Å². The highest BCUT2D eigenvalue weighted by molar-refractivity contribution is 7.91. The van der Waals surface area contributed by atoms with Gasteiger partial charge in [0.1, 0.15) is 0 Å². The zero-order valence-electron chi connectivity index (χ0n) is 10.1. The van der Waals surface area contributed by atoms with E-state index in [1.807, 2.05) is 48.5 Å². The molecule has 0 fully saturated rings. The molecule has 0 heterocycles. The van der Waals surface area contributed by atoms with Crippen LogP contribution in [0, 0.1) is 0 Å². The summed E-state index contributed by atoms with van der Waals surface area (Å²) >= 11 is -1.08. The molecule has 0 aromatic heterocycles. The summed E-state index contributed by atoms with van der Waals surface area (Å²) in [5.74, 6) is 0.388. The van der Waals surface area contributed by atoms with Crippen molar-refractivity contribution in [1.29, 1.82) is 0 Å². The van der Waals surface area contributed by atoms with Crippen LogP contribution in [0.3, 0.4) is 0 Å². The van der Waals surface area contributed by atoms with E-state index in [0.29, 0.717) is 5.92 Å². The van der Waals surface area contributed by atoms with Gasteiger partial charge < -0.3 is 4.55 Å². The minimum absolute atomic E-state index is 0.388. The lowest BCUT2D eigenvalue weighted by Gasteiger charge is -2.15. The maximum Gasteiger partial charge on any atom is 0.161 e. The first kappa shape index (κ1) is 12.2. The van der Waals surface area contributed by atoms with Crippen molar-refractivity contribution in [3.05, 3.63) is 60.2 Å². The smallest absolute Gasteiger partial charge is 0.161 e. The summed E-state index contributed by atoms with van der Waals surface area (Å²) in [4.78, 5) is 1.79. The lowest BCUT2D eigenvalue weighted by Crippen LogP contribution is -2.06. The predicted octanol–water partition coefficient (Wildman–Crippen LogP) is 3.98. The fourth-order valence-corrected chi connectivity index (χ4v) is 3.18. The largest absolute Gasteiger partial charge is 0.606 e. The van der Waals surface area contributed by atoms with Gasteiger partial charge in [-0.15, -0.1) is 0 Å². The molecule has 1 nitrogen and oxygen atoms in total. The number of hydrogen-bond donors (Lipinski definition) is 0. The van der Waals surface area contributed by atoms with Gasteiger partial charge in [0.05, 0.1) is 0 Å². The highest BCUT2D eigenvalue weighted by Gasteiger charge is 2.19. The standard InChI is InChI=1S/C15H16OS/c1-12(2)14-10-6-7-11-15(14)17(16)13-8-4-3-5-9-13/h3-12H,1-2H3. The zero-order chi connectivity index (χ0) is 12.3. The average molecular weight is 244 g/mol. The van der Waals surface area contributed by atoms with Crippen molar-refractivity contribution < 1.29 is 4.55 Å². The fraction of sp³-hybridized carbons (Fsp3) is 0.200. The van der Waals surface area contributed by atoms with Gasteiger partial charge in [0, 0.05) is 16.7 Å². The zero-order valence-corrected chi connectivity index (χ0v) is 10.9. The second-order valence-electron chi connectivity index (χ2n) is 4.27. The molecule has 0 aliphatic rings. The van der Waals surface area contributed by atoms with Gasteiger partial charge in [0.25, 0.3) is 0 Å². The molecule has 2 aromatic rings. The molecule has 0 radical (unpaired) electrons. The second kappa shape index (κ2) is 5.39. The van der Waals surface area contributed by atoms with Crippen molar-refractivity contribution >= 4 is 11.2 Å². The molecular weight excluding hydrogens is 228 g/mol. The third kappa shape index (κ3) is 2.71. The molecule has 2 rings (SSSR count). The van der Waals surface area contributed by atoms with Gasteiger partial charge in [-0.3, -0.25) is 0 Å². The Kier molecular flexibility index (Phi) is 3.87. The van der Waals surface area contributed by atoms with Crippen LogP contribution in [-0.2, 0) is 11.2 Å². The quantitative estimate of drug-likeness (QED) is 0.749. The third-order valence-electron chi connectivity index (χ3n) is 2.70. The van der Waals surface area contributed by atoms with E-state index in [0.717, 1.165) is 15.4 Å². The number of benzene rings is 2. The Morgan fingerprint density at radius 3 is 2.12 bits per heavy atom. The van der Waals surface area contributed by atoms with Gasteiger partial charge in [-0.05, 0) is 24.1 Å². The molecule has 0 aliphatic heterocycles. The molecule has 0 saturated heterocycles. The predicted molar refractivity (Wildman–Crippen MR) is 71.6 cm³/mol. The van der Waals surface area contributed by atoms with Gasteiger partial charge in [-0.2, -0.15) is 0 Å². The monoisotopic (exact) mass is 244 g/mol. The summed E-state index contributed by atoms with van der Waals surface area (Å²) in [7, 11) is 0. The first-order valence-corrected chi connectivity index (χ1v) is 6.91. The third-order valence-corrected chi connectivity index (χ3v) is 4.17. The van der Waals surface area contributed by atoms with Crippen molar-refractivity contribution in [2.45, 2.75) is 29.6 Å². The minimum atomic E-state index is -1.08. The van der Waals surface area contributed by atoms with Crippen LogP contribution in [0.1, 0.15) is 25.3 Å². The normalized spacial score (nSPS) is 12.7. The van der Waals surface area contributed by atoms with Crippen molar-refractivity contribution in [1.82, 2.24) is 0 Å². The van der Waals surface area contributed by atoms with E-state index in [4.69, 9.17) is 0 Å². The summed E-state index contributed by atoms with van der Waals surface area (Å²) in [5.41, 5.74) is 1.16.